The summed E-state index contributed by atoms with van der Waals surface area (Å²) in [5.41, 5.74) is -3.28. The van der Waals surface area contributed by atoms with Gasteiger partial charge >= 0.3 is 12.4 Å². The molecule has 0 unspecified atom stereocenters. The summed E-state index contributed by atoms with van der Waals surface area (Å²) >= 11 is 0. The normalized spacial score (nSPS) is 12.4. The van der Waals surface area contributed by atoms with E-state index in [0.717, 1.165) is 6.26 Å². The van der Waals surface area contributed by atoms with Crippen molar-refractivity contribution in [1.29, 1.82) is 0 Å². The van der Waals surface area contributed by atoms with Crippen molar-refractivity contribution in [3.63, 3.8) is 0 Å². The minimum atomic E-state index is -4.95. The van der Waals surface area contributed by atoms with Gasteiger partial charge in [0.1, 0.15) is 6.26 Å². The summed E-state index contributed by atoms with van der Waals surface area (Å²) in [6.07, 6.45) is -9.02. The maximum absolute atomic E-state index is 12.8. The molecule has 0 spiro atoms. The third-order valence-electron chi connectivity index (χ3n) is 2.77. The maximum atomic E-state index is 12.8. The van der Waals surface area contributed by atoms with Gasteiger partial charge in [-0.3, -0.25) is 0 Å². The van der Waals surface area contributed by atoms with E-state index in [0.29, 0.717) is 12.1 Å². The first-order valence-corrected chi connectivity index (χ1v) is 6.08. The average molecular weight is 337 g/mol. The molecule has 0 bridgehead atoms. The minimum absolute atomic E-state index is 0.0168. The van der Waals surface area contributed by atoms with Crippen LogP contribution < -0.4 is 0 Å². The molecule has 1 heterocycles. The molecule has 0 fully saturated rings. The van der Waals surface area contributed by atoms with Crippen LogP contribution in [0.1, 0.15) is 16.8 Å². The van der Waals surface area contributed by atoms with Crippen LogP contribution in [0.2, 0.25) is 0 Å². The van der Waals surface area contributed by atoms with Gasteiger partial charge in [0.2, 0.25) is 5.89 Å². The highest BCUT2D eigenvalue weighted by atomic mass is 19.4. The van der Waals surface area contributed by atoms with Gasteiger partial charge in [-0.05, 0) is 18.2 Å². The Morgan fingerprint density at radius 1 is 1.04 bits per heavy atom. The highest BCUT2D eigenvalue weighted by Gasteiger charge is 2.37. The number of halogens is 6. The van der Waals surface area contributed by atoms with Gasteiger partial charge in [-0.1, -0.05) is 6.58 Å². The van der Waals surface area contributed by atoms with Crippen LogP contribution in [0.3, 0.4) is 0 Å². The van der Waals surface area contributed by atoms with Crippen molar-refractivity contribution < 1.29 is 35.9 Å². The standard InChI is InChI=1S/C14H9F6NO2/c1-7(22)2-11-6-23-12(21-11)8-3-9(13(15,16)17)5-10(4-8)14(18,19)20/h3-6,22H,1-2H2. The molecule has 0 radical (unpaired) electrons. The lowest BCUT2D eigenvalue weighted by Gasteiger charge is -2.12. The number of oxazole rings is 1. The number of rotatable bonds is 3. The predicted octanol–water partition coefficient (Wildman–Crippen LogP) is 4.99. The third-order valence-corrected chi connectivity index (χ3v) is 2.77. The van der Waals surface area contributed by atoms with Crippen LogP contribution in [0.15, 0.2) is 41.2 Å². The smallest absolute Gasteiger partial charge is 0.416 e. The van der Waals surface area contributed by atoms with Gasteiger partial charge in [0.05, 0.1) is 22.6 Å². The third kappa shape index (κ3) is 4.05. The highest BCUT2D eigenvalue weighted by molar-refractivity contribution is 5.57. The molecule has 0 atom stereocenters. The average Bonchev–Trinajstić information content (AvgIpc) is 2.83. The van der Waals surface area contributed by atoms with Crippen LogP contribution in [0.4, 0.5) is 26.3 Å². The Morgan fingerprint density at radius 3 is 2.00 bits per heavy atom. The van der Waals surface area contributed by atoms with E-state index in [1.165, 1.54) is 0 Å². The summed E-state index contributed by atoms with van der Waals surface area (Å²) in [5.74, 6) is -0.692. The highest BCUT2D eigenvalue weighted by Crippen LogP contribution is 2.38. The molecule has 0 aliphatic heterocycles. The zero-order valence-corrected chi connectivity index (χ0v) is 11.3. The Balaban J connectivity index is 2.53. The number of nitrogens with zero attached hydrogens (tertiary/aromatic N) is 1. The maximum Gasteiger partial charge on any atom is 0.416 e. The molecule has 3 nitrogen and oxygen atoms in total. The molecule has 1 N–H and O–H groups in total. The lowest BCUT2D eigenvalue weighted by Crippen LogP contribution is -2.11. The number of alkyl halides is 6. The van der Waals surface area contributed by atoms with Gasteiger partial charge in [-0.2, -0.15) is 26.3 Å². The van der Waals surface area contributed by atoms with Gasteiger partial charge < -0.3 is 9.52 Å². The molecule has 0 saturated carbocycles. The number of benzene rings is 1. The molecule has 9 heteroatoms. The molecule has 2 aromatic rings. The van der Waals surface area contributed by atoms with E-state index < -0.39 is 34.9 Å². The first kappa shape index (κ1) is 16.9. The van der Waals surface area contributed by atoms with Crippen LogP contribution in [0.25, 0.3) is 11.5 Å². The molecule has 1 aromatic heterocycles. The summed E-state index contributed by atoms with van der Waals surface area (Å²) < 4.78 is 81.5. The zero-order valence-electron chi connectivity index (χ0n) is 11.3. The van der Waals surface area contributed by atoms with E-state index in [2.05, 4.69) is 11.6 Å². The van der Waals surface area contributed by atoms with Gasteiger partial charge in [0.25, 0.3) is 0 Å². The van der Waals surface area contributed by atoms with Crippen molar-refractivity contribution in [2.75, 3.05) is 0 Å². The molecule has 1 aromatic carbocycles. The van der Waals surface area contributed by atoms with E-state index in [9.17, 15) is 26.3 Å². The van der Waals surface area contributed by atoms with E-state index in [1.807, 2.05) is 0 Å². The van der Waals surface area contributed by atoms with Gasteiger partial charge in [-0.25, -0.2) is 4.98 Å². The first-order chi connectivity index (χ1) is 10.5. The van der Waals surface area contributed by atoms with Crippen LogP contribution >= 0.6 is 0 Å². The Bertz CT molecular complexity index is 697. The molecule has 0 saturated heterocycles. The van der Waals surface area contributed by atoms with Crippen molar-refractivity contribution in [1.82, 2.24) is 4.98 Å². The van der Waals surface area contributed by atoms with Gasteiger partial charge in [-0.15, -0.1) is 0 Å². The minimum Gasteiger partial charge on any atom is -0.513 e. The molecule has 0 aliphatic rings. The number of hydrogen-bond donors (Lipinski definition) is 1. The van der Waals surface area contributed by atoms with E-state index in [4.69, 9.17) is 9.52 Å². The lowest BCUT2D eigenvalue weighted by atomic mass is 10.0. The molecular weight excluding hydrogens is 328 g/mol. The summed E-state index contributed by atoms with van der Waals surface area (Å²) in [4.78, 5) is 3.74. The Labute approximate surface area is 125 Å². The second-order valence-corrected chi connectivity index (χ2v) is 4.68. The summed E-state index contributed by atoms with van der Waals surface area (Å²) in [6.45, 7) is 3.20. The molecular formula is C14H9F6NO2. The molecule has 23 heavy (non-hydrogen) atoms. The number of aromatic nitrogens is 1. The second-order valence-electron chi connectivity index (χ2n) is 4.68. The number of allylic oxidation sites excluding steroid dienone is 1. The van der Waals surface area contributed by atoms with Crippen LogP contribution in [-0.2, 0) is 18.8 Å². The molecule has 0 aliphatic carbocycles. The summed E-state index contributed by atoms with van der Waals surface area (Å²) in [6, 6.07) is 1.04. The van der Waals surface area contributed by atoms with E-state index in [1.54, 1.807) is 0 Å². The van der Waals surface area contributed by atoms with Gasteiger partial charge in [0.15, 0.2) is 0 Å². The molecule has 2 rings (SSSR count). The largest absolute Gasteiger partial charge is 0.513 e. The Morgan fingerprint density at radius 2 is 1.57 bits per heavy atom. The summed E-state index contributed by atoms with van der Waals surface area (Å²) in [7, 11) is 0. The monoisotopic (exact) mass is 337 g/mol. The number of aliphatic hydroxyl groups excluding tert-OH is 1. The van der Waals surface area contributed by atoms with Crippen LogP contribution in [0.5, 0.6) is 0 Å². The van der Waals surface area contributed by atoms with Crippen LogP contribution in [0, 0.1) is 0 Å². The summed E-state index contributed by atoms with van der Waals surface area (Å²) in [5, 5.41) is 9.01. The van der Waals surface area contributed by atoms with Crippen molar-refractivity contribution >= 4 is 0 Å². The zero-order chi connectivity index (χ0) is 17.4. The fourth-order valence-electron chi connectivity index (χ4n) is 1.81. The van der Waals surface area contributed by atoms with Crippen molar-refractivity contribution in [2.24, 2.45) is 0 Å². The number of hydrogen-bond acceptors (Lipinski definition) is 3. The fraction of sp³-hybridized carbons (Fsp3) is 0.214. The van der Waals surface area contributed by atoms with Gasteiger partial charge in [0, 0.05) is 12.0 Å². The first-order valence-electron chi connectivity index (χ1n) is 6.08. The van der Waals surface area contributed by atoms with Crippen LogP contribution in [-0.4, -0.2) is 10.1 Å². The van der Waals surface area contributed by atoms with E-state index >= 15 is 0 Å². The Hall–Kier alpha value is -2.45. The molecule has 124 valence electrons. The lowest BCUT2D eigenvalue weighted by molar-refractivity contribution is -0.143. The topological polar surface area (TPSA) is 46.3 Å². The van der Waals surface area contributed by atoms with E-state index in [-0.39, 0.29) is 23.9 Å². The molecule has 0 amide bonds. The fourth-order valence-corrected chi connectivity index (χ4v) is 1.81. The number of aliphatic hydroxyl groups is 1. The Kier molecular flexibility index (Phi) is 4.14. The predicted molar refractivity (Wildman–Crippen MR) is 67.4 cm³/mol. The second kappa shape index (κ2) is 5.64. The SMILES string of the molecule is C=C(O)Cc1coc(-c2cc(C(F)(F)F)cc(C(F)(F)F)c2)n1. The van der Waals surface area contributed by atoms with Crippen molar-refractivity contribution in [3.05, 3.63) is 53.6 Å². The van der Waals surface area contributed by atoms with Crippen molar-refractivity contribution in [2.45, 2.75) is 18.8 Å². The van der Waals surface area contributed by atoms with Crippen molar-refractivity contribution in [3.8, 4) is 11.5 Å². The quantitative estimate of drug-likeness (QED) is 0.634.